The maximum atomic E-state index is 13.1. The highest BCUT2D eigenvalue weighted by molar-refractivity contribution is 6.10. The van der Waals surface area contributed by atoms with Gasteiger partial charge in [0.25, 0.3) is 5.91 Å². The van der Waals surface area contributed by atoms with Crippen LogP contribution in [0.5, 0.6) is 0 Å². The number of nitrogens with one attached hydrogen (secondary N) is 1. The van der Waals surface area contributed by atoms with E-state index in [1.165, 1.54) is 12.1 Å². The second-order valence-corrected chi connectivity index (χ2v) is 8.93. The van der Waals surface area contributed by atoms with Crippen LogP contribution in [0.3, 0.4) is 0 Å². The van der Waals surface area contributed by atoms with Gasteiger partial charge in [-0.25, -0.2) is 19.4 Å². The van der Waals surface area contributed by atoms with Crippen LogP contribution in [0.25, 0.3) is 0 Å². The predicted molar refractivity (Wildman–Crippen MR) is 143 cm³/mol. The number of ether oxygens (including phenoxy) is 4. The lowest BCUT2D eigenvalue weighted by molar-refractivity contribution is -0.137. The number of amides is 1. The Bertz CT molecular complexity index is 1520. The maximum Gasteiger partial charge on any atom is 0.338 e. The van der Waals surface area contributed by atoms with Crippen molar-refractivity contribution in [2.75, 3.05) is 6.61 Å². The molecule has 3 aromatic rings. The quantitative estimate of drug-likeness (QED) is 0.194. The zero-order valence-electron chi connectivity index (χ0n) is 21.4. The third-order valence-electron chi connectivity index (χ3n) is 6.32. The van der Waals surface area contributed by atoms with Gasteiger partial charge in [0.15, 0.2) is 24.1 Å². The third-order valence-corrected chi connectivity index (χ3v) is 6.32. The highest BCUT2D eigenvalue weighted by Crippen LogP contribution is 2.32. The number of hydrogen-bond donors (Lipinski definition) is 1. The fourth-order valence-corrected chi connectivity index (χ4v) is 4.30. The first kappa shape index (κ1) is 27.2. The monoisotopic (exact) mass is 553 g/mol. The summed E-state index contributed by atoms with van der Waals surface area (Å²) in [6.07, 6.45) is -4.04. The Labute approximate surface area is 234 Å². The number of aliphatic imine (C=N–C) groups is 1. The standard InChI is InChI=1S/C30H23N3O8/c31-16-22-26(34)33(18-32-22)27-25(41-30(37)21-14-8-3-9-15-21)24(40-29(36)20-12-6-2-7-13-20)23(39-27)17-38-28(35)19-10-4-1-5-11-19/h1-15,18,23-25,27,31H,17H2/t23-,24-,25-,27-/m1/s1. The number of carbonyl (C=O) groups is 4. The van der Waals surface area contributed by atoms with Gasteiger partial charge in [0, 0.05) is 5.87 Å². The molecule has 0 bridgehead atoms. The van der Waals surface area contributed by atoms with Crippen LogP contribution in [0, 0.1) is 5.41 Å². The molecule has 206 valence electrons. The summed E-state index contributed by atoms with van der Waals surface area (Å²) in [5.74, 6) is -0.963. The van der Waals surface area contributed by atoms with Crippen LogP contribution in [0.1, 0.15) is 31.1 Å². The molecule has 11 nitrogen and oxygen atoms in total. The number of nitrogens with zero attached hydrogens (tertiary/aromatic N) is 2. The van der Waals surface area contributed by atoms with Crippen LogP contribution in [-0.2, 0) is 23.7 Å². The van der Waals surface area contributed by atoms with Gasteiger partial charge < -0.3 is 18.9 Å². The topological polar surface area (TPSA) is 145 Å². The molecule has 1 saturated heterocycles. The highest BCUT2D eigenvalue weighted by Gasteiger charge is 2.54. The van der Waals surface area contributed by atoms with Crippen molar-refractivity contribution in [2.45, 2.75) is 24.5 Å². The van der Waals surface area contributed by atoms with Crippen molar-refractivity contribution in [3.8, 4) is 0 Å². The Kier molecular flexibility index (Phi) is 8.10. The van der Waals surface area contributed by atoms with Gasteiger partial charge in [0.1, 0.15) is 19.0 Å². The van der Waals surface area contributed by atoms with Gasteiger partial charge in [-0.1, -0.05) is 54.6 Å². The summed E-state index contributed by atoms with van der Waals surface area (Å²) >= 11 is 0. The van der Waals surface area contributed by atoms with E-state index >= 15 is 0 Å². The van der Waals surface area contributed by atoms with E-state index in [-0.39, 0.29) is 22.4 Å². The second kappa shape index (κ2) is 12.2. The van der Waals surface area contributed by atoms with E-state index in [1.54, 1.807) is 78.9 Å². The largest absolute Gasteiger partial charge is 0.459 e. The second-order valence-electron chi connectivity index (χ2n) is 8.93. The molecule has 0 radical (unpaired) electrons. The van der Waals surface area contributed by atoms with E-state index in [0.29, 0.717) is 0 Å². The van der Waals surface area contributed by atoms with Gasteiger partial charge in [-0.05, 0) is 36.4 Å². The van der Waals surface area contributed by atoms with Crippen molar-refractivity contribution < 1.29 is 38.1 Å². The Balaban J connectivity index is 1.47. The molecular weight excluding hydrogens is 530 g/mol. The number of hydrogen-bond acceptors (Lipinski definition) is 10. The van der Waals surface area contributed by atoms with Crippen molar-refractivity contribution in [3.63, 3.8) is 0 Å². The van der Waals surface area contributed by atoms with Gasteiger partial charge in [0.2, 0.25) is 0 Å². The van der Waals surface area contributed by atoms with E-state index in [2.05, 4.69) is 4.99 Å². The minimum Gasteiger partial charge on any atom is -0.459 e. The molecule has 3 aromatic carbocycles. The molecule has 41 heavy (non-hydrogen) atoms. The summed E-state index contributed by atoms with van der Waals surface area (Å²) in [6.45, 7) is -0.400. The first-order valence-electron chi connectivity index (χ1n) is 12.5. The van der Waals surface area contributed by atoms with Crippen LogP contribution in [0.4, 0.5) is 0 Å². The first-order chi connectivity index (χ1) is 20.0. The molecule has 1 fully saturated rings. The number of rotatable bonds is 8. The summed E-state index contributed by atoms with van der Waals surface area (Å²) < 4.78 is 23.1. The van der Waals surface area contributed by atoms with E-state index < -0.39 is 55.0 Å². The highest BCUT2D eigenvalue weighted by atomic mass is 16.7. The number of benzene rings is 3. The fourth-order valence-electron chi connectivity index (χ4n) is 4.30. The Morgan fingerprint density at radius 1 is 0.780 bits per heavy atom. The molecule has 5 rings (SSSR count). The molecule has 2 aliphatic heterocycles. The van der Waals surface area contributed by atoms with Crippen LogP contribution < -0.4 is 0 Å². The SMILES string of the molecule is N=C=C1N=CN([C@@H]2O[C@H](COC(=O)c3ccccc3)[C@@H](OC(=O)c3ccccc3)[C@H]2OC(=O)c2ccccc2)C1=O. The van der Waals surface area contributed by atoms with Crippen LogP contribution >= 0.6 is 0 Å². The lowest BCUT2D eigenvalue weighted by atomic mass is 10.1. The number of esters is 3. The van der Waals surface area contributed by atoms with Gasteiger partial charge in [-0.2, -0.15) is 0 Å². The molecular formula is C30H23N3O8. The first-order valence-corrected chi connectivity index (χ1v) is 12.5. The molecule has 2 heterocycles. The van der Waals surface area contributed by atoms with Crippen molar-refractivity contribution in [3.05, 3.63) is 113 Å². The zero-order chi connectivity index (χ0) is 28.8. The third kappa shape index (κ3) is 5.96. The summed E-state index contributed by atoms with van der Waals surface area (Å²) in [4.78, 5) is 56.7. The number of carbonyl (C=O) groups excluding carboxylic acids is 4. The molecule has 2 aliphatic rings. The van der Waals surface area contributed by atoms with Gasteiger partial charge in [-0.3, -0.25) is 15.1 Å². The molecule has 0 aliphatic carbocycles. The lowest BCUT2D eigenvalue weighted by Gasteiger charge is -2.27. The van der Waals surface area contributed by atoms with Crippen LogP contribution in [0.2, 0.25) is 0 Å². The summed E-state index contributed by atoms with van der Waals surface area (Å²) in [7, 11) is 0. The molecule has 1 N–H and O–H groups in total. The van der Waals surface area contributed by atoms with E-state index in [1.807, 2.05) is 5.87 Å². The minimum absolute atomic E-state index is 0.208. The van der Waals surface area contributed by atoms with Crippen LogP contribution in [0.15, 0.2) is 102 Å². The molecule has 0 spiro atoms. The molecule has 11 heteroatoms. The maximum absolute atomic E-state index is 13.1. The lowest BCUT2D eigenvalue weighted by Crippen LogP contribution is -2.48. The average Bonchev–Trinajstić information content (AvgIpc) is 3.55. The average molecular weight is 554 g/mol. The van der Waals surface area contributed by atoms with Crippen molar-refractivity contribution in [1.29, 1.82) is 5.41 Å². The molecule has 4 atom stereocenters. The summed E-state index contributed by atoms with van der Waals surface area (Å²) in [5, 5.41) is 7.33. The van der Waals surface area contributed by atoms with E-state index in [9.17, 15) is 19.2 Å². The van der Waals surface area contributed by atoms with Crippen molar-refractivity contribution in [1.82, 2.24) is 4.90 Å². The summed E-state index contributed by atoms with van der Waals surface area (Å²) in [5.41, 5.74) is 0.421. The Morgan fingerprint density at radius 2 is 1.27 bits per heavy atom. The Morgan fingerprint density at radius 3 is 1.76 bits per heavy atom. The van der Waals surface area contributed by atoms with Crippen molar-refractivity contribution in [2.24, 2.45) is 4.99 Å². The smallest absolute Gasteiger partial charge is 0.338 e. The molecule has 1 amide bonds. The predicted octanol–water partition coefficient (Wildman–Crippen LogP) is 3.02. The molecule has 0 unspecified atom stereocenters. The fraction of sp³-hybridized carbons (Fsp3) is 0.167. The van der Waals surface area contributed by atoms with E-state index in [0.717, 1.165) is 11.2 Å². The van der Waals surface area contributed by atoms with Crippen molar-refractivity contribution >= 4 is 36.0 Å². The summed E-state index contributed by atoms with van der Waals surface area (Å²) in [6, 6.07) is 24.5. The zero-order valence-corrected chi connectivity index (χ0v) is 21.4. The van der Waals surface area contributed by atoms with Gasteiger partial charge in [0.05, 0.1) is 16.7 Å². The normalized spacial score (nSPS) is 21.3. The minimum atomic E-state index is -1.36. The molecule has 0 aromatic heterocycles. The van der Waals surface area contributed by atoms with Gasteiger partial charge in [-0.15, -0.1) is 0 Å². The van der Waals surface area contributed by atoms with E-state index in [4.69, 9.17) is 24.4 Å². The van der Waals surface area contributed by atoms with Gasteiger partial charge >= 0.3 is 17.9 Å². The van der Waals surface area contributed by atoms with Crippen LogP contribution in [-0.4, -0.2) is 72.1 Å². The Hall–Kier alpha value is -5.38. The molecule has 0 saturated carbocycles.